The number of unbranched alkanes of at least 4 members (excludes halogenated alkanes) is 6. The minimum absolute atomic E-state index is 0.362. The van der Waals surface area contributed by atoms with Gasteiger partial charge in [-0.3, -0.25) is 0 Å². The van der Waals surface area contributed by atoms with Gasteiger partial charge in [-0.25, -0.2) is 0 Å². The number of hydrogen-bond acceptors (Lipinski definition) is 2. The fraction of sp³-hybridized carbons (Fsp3) is 1.00. The Morgan fingerprint density at radius 1 is 0.786 bits per heavy atom. The van der Waals surface area contributed by atoms with Crippen LogP contribution in [0.2, 0.25) is 0 Å². The maximum Gasteiger partial charge on any atom is 0.0431 e. The summed E-state index contributed by atoms with van der Waals surface area (Å²) >= 11 is 0. The van der Waals surface area contributed by atoms with E-state index in [-0.39, 0.29) is 0 Å². The van der Waals surface area contributed by atoms with Crippen LogP contribution in [0.5, 0.6) is 0 Å². The molecule has 0 fully saturated rings. The maximum absolute atomic E-state index is 8.58. The van der Waals surface area contributed by atoms with Gasteiger partial charge in [-0.2, -0.15) is 0 Å². The van der Waals surface area contributed by atoms with Crippen LogP contribution in [-0.2, 0) is 0 Å². The van der Waals surface area contributed by atoms with Crippen LogP contribution in [-0.4, -0.2) is 24.8 Å². The van der Waals surface area contributed by atoms with Crippen molar-refractivity contribution in [2.75, 3.05) is 19.7 Å². The topological polar surface area (TPSA) is 32.3 Å². The summed E-state index contributed by atoms with van der Waals surface area (Å²) in [6.07, 6.45) is 10.1. The Kier molecular flexibility index (Phi) is 12.8. The van der Waals surface area contributed by atoms with E-state index < -0.39 is 0 Å². The Labute approximate surface area is 89.1 Å². The summed E-state index contributed by atoms with van der Waals surface area (Å²) < 4.78 is 0. The lowest BCUT2D eigenvalue weighted by molar-refractivity contribution is 0.282. The van der Waals surface area contributed by atoms with E-state index in [2.05, 4.69) is 12.2 Å². The molecule has 86 valence electrons. The molecule has 0 radical (unpaired) electrons. The molecule has 14 heavy (non-hydrogen) atoms. The number of rotatable bonds is 11. The highest BCUT2D eigenvalue weighted by molar-refractivity contribution is 4.49. The molecule has 0 saturated heterocycles. The molecule has 0 saturated carbocycles. The lowest BCUT2D eigenvalue weighted by Crippen LogP contribution is -2.15. The van der Waals surface area contributed by atoms with Crippen molar-refractivity contribution in [2.24, 2.45) is 0 Å². The molecule has 0 aromatic rings. The van der Waals surface area contributed by atoms with Gasteiger partial charge >= 0.3 is 0 Å². The molecule has 2 heteroatoms. The highest BCUT2D eigenvalue weighted by Crippen LogP contribution is 2.06. The third-order valence-electron chi connectivity index (χ3n) is 2.44. The fourth-order valence-electron chi connectivity index (χ4n) is 1.55. The van der Waals surface area contributed by atoms with Crippen molar-refractivity contribution in [2.45, 2.75) is 58.3 Å². The molecule has 0 aliphatic rings. The summed E-state index contributed by atoms with van der Waals surface area (Å²) in [5.41, 5.74) is 0. The van der Waals surface area contributed by atoms with Crippen LogP contribution >= 0.6 is 0 Å². The number of aliphatic hydroxyl groups is 1. The quantitative estimate of drug-likeness (QED) is 0.504. The normalized spacial score (nSPS) is 10.7. The van der Waals surface area contributed by atoms with Gasteiger partial charge in [-0.15, -0.1) is 0 Å². The molecule has 0 atom stereocenters. The van der Waals surface area contributed by atoms with Crippen LogP contribution in [0.1, 0.15) is 58.3 Å². The van der Waals surface area contributed by atoms with Crippen molar-refractivity contribution in [1.82, 2.24) is 5.32 Å². The molecule has 2 N–H and O–H groups in total. The molecule has 0 bridgehead atoms. The van der Waals surface area contributed by atoms with E-state index in [1.165, 1.54) is 51.5 Å². The lowest BCUT2D eigenvalue weighted by atomic mass is 10.1. The van der Waals surface area contributed by atoms with Crippen molar-refractivity contribution in [3.8, 4) is 0 Å². The third-order valence-corrected chi connectivity index (χ3v) is 2.44. The summed E-state index contributed by atoms with van der Waals surface area (Å²) in [6, 6.07) is 0. The summed E-state index contributed by atoms with van der Waals surface area (Å²) in [5.74, 6) is 0. The predicted molar refractivity (Wildman–Crippen MR) is 62.6 cm³/mol. The van der Waals surface area contributed by atoms with Gasteiger partial charge in [-0.05, 0) is 32.4 Å². The van der Waals surface area contributed by atoms with Gasteiger partial charge in [0.1, 0.15) is 0 Å². The summed E-state index contributed by atoms with van der Waals surface area (Å²) in [7, 11) is 0. The van der Waals surface area contributed by atoms with Crippen LogP contribution in [0, 0.1) is 0 Å². The third kappa shape index (κ3) is 11.9. The smallest absolute Gasteiger partial charge is 0.0431 e. The molecule has 0 aromatic heterocycles. The molecule has 0 rings (SSSR count). The van der Waals surface area contributed by atoms with Crippen molar-refractivity contribution in [3.05, 3.63) is 0 Å². The first-order valence-corrected chi connectivity index (χ1v) is 6.23. The molecular formula is C12H27NO. The van der Waals surface area contributed by atoms with E-state index in [1.807, 2.05) is 0 Å². The van der Waals surface area contributed by atoms with Crippen LogP contribution in [0.15, 0.2) is 0 Å². The zero-order valence-corrected chi connectivity index (χ0v) is 9.73. The standard InChI is InChI=1S/C12H27NO/c1-2-10-13-11-8-6-4-3-5-7-9-12-14/h13-14H,2-12H2,1H3. The van der Waals surface area contributed by atoms with Crippen LogP contribution < -0.4 is 5.32 Å². The van der Waals surface area contributed by atoms with Crippen molar-refractivity contribution in [3.63, 3.8) is 0 Å². The monoisotopic (exact) mass is 201 g/mol. The number of hydrogen-bond donors (Lipinski definition) is 2. The van der Waals surface area contributed by atoms with Gasteiger partial charge in [0, 0.05) is 6.61 Å². The van der Waals surface area contributed by atoms with E-state index in [4.69, 9.17) is 5.11 Å². The van der Waals surface area contributed by atoms with E-state index in [0.717, 1.165) is 13.0 Å². The lowest BCUT2D eigenvalue weighted by Gasteiger charge is -2.02. The average molecular weight is 201 g/mol. The van der Waals surface area contributed by atoms with E-state index in [0.29, 0.717) is 6.61 Å². The molecule has 0 unspecified atom stereocenters. The van der Waals surface area contributed by atoms with Crippen molar-refractivity contribution in [1.29, 1.82) is 0 Å². The second kappa shape index (κ2) is 12.9. The van der Waals surface area contributed by atoms with Crippen LogP contribution in [0.3, 0.4) is 0 Å². The molecule has 0 aliphatic heterocycles. The second-order valence-corrected chi connectivity index (χ2v) is 3.95. The van der Waals surface area contributed by atoms with Gasteiger partial charge < -0.3 is 10.4 Å². The van der Waals surface area contributed by atoms with Gasteiger partial charge in [0.25, 0.3) is 0 Å². The molecule has 0 aliphatic carbocycles. The molecule has 0 aromatic carbocycles. The molecule has 2 nitrogen and oxygen atoms in total. The highest BCUT2D eigenvalue weighted by atomic mass is 16.2. The number of nitrogens with one attached hydrogen (secondary N) is 1. The molecular weight excluding hydrogens is 174 g/mol. The van der Waals surface area contributed by atoms with Crippen molar-refractivity contribution >= 4 is 0 Å². The Balaban J connectivity index is 2.78. The average Bonchev–Trinajstić information content (AvgIpc) is 2.21. The van der Waals surface area contributed by atoms with Gasteiger partial charge in [0.15, 0.2) is 0 Å². The van der Waals surface area contributed by atoms with Crippen molar-refractivity contribution < 1.29 is 5.11 Å². The minimum atomic E-state index is 0.362. The highest BCUT2D eigenvalue weighted by Gasteiger charge is 1.91. The van der Waals surface area contributed by atoms with E-state index >= 15 is 0 Å². The zero-order valence-electron chi connectivity index (χ0n) is 9.73. The Morgan fingerprint density at radius 2 is 1.36 bits per heavy atom. The van der Waals surface area contributed by atoms with Gasteiger partial charge in [0.05, 0.1) is 0 Å². The largest absolute Gasteiger partial charge is 0.396 e. The fourth-order valence-corrected chi connectivity index (χ4v) is 1.55. The Morgan fingerprint density at radius 3 is 1.93 bits per heavy atom. The van der Waals surface area contributed by atoms with Gasteiger partial charge in [0.2, 0.25) is 0 Å². The maximum atomic E-state index is 8.58. The number of aliphatic hydroxyl groups excluding tert-OH is 1. The zero-order chi connectivity index (χ0) is 10.5. The Bertz CT molecular complexity index is 84.3. The van der Waals surface area contributed by atoms with E-state index in [1.54, 1.807) is 0 Å². The first kappa shape index (κ1) is 13.9. The van der Waals surface area contributed by atoms with Crippen LogP contribution in [0.25, 0.3) is 0 Å². The summed E-state index contributed by atoms with van der Waals surface area (Å²) in [4.78, 5) is 0. The molecule has 0 spiro atoms. The first-order valence-electron chi connectivity index (χ1n) is 6.23. The Hall–Kier alpha value is -0.0800. The molecule has 0 amide bonds. The predicted octanol–water partition coefficient (Wildman–Crippen LogP) is 2.71. The van der Waals surface area contributed by atoms with Gasteiger partial charge in [-0.1, -0.05) is 39.0 Å². The SMILES string of the molecule is CCCNCCCCCCCCCO. The van der Waals surface area contributed by atoms with E-state index in [9.17, 15) is 0 Å². The summed E-state index contributed by atoms with van der Waals surface area (Å²) in [5, 5.41) is 12.0. The summed E-state index contributed by atoms with van der Waals surface area (Å²) in [6.45, 7) is 4.91. The first-order chi connectivity index (χ1) is 6.91. The molecule has 0 heterocycles. The second-order valence-electron chi connectivity index (χ2n) is 3.95. The van der Waals surface area contributed by atoms with Crippen LogP contribution in [0.4, 0.5) is 0 Å². The minimum Gasteiger partial charge on any atom is -0.396 e.